The smallest absolute Gasteiger partial charge is 0.340 e. The maximum atomic E-state index is 11.9. The molecule has 1 heterocycles. The first-order valence-corrected chi connectivity index (χ1v) is 13.5. The highest BCUT2D eigenvalue weighted by atomic mass is 35.5. The Morgan fingerprint density at radius 1 is 0.900 bits per heavy atom. The Morgan fingerprint density at radius 3 is 2.23 bits per heavy atom. The number of nitrogens with zero attached hydrogens (tertiary/aromatic N) is 2. The first kappa shape index (κ1) is 27.3. The number of aryl methyl sites for hydroxylation is 1. The number of methoxy groups -OCH3 is 1. The fourth-order valence-corrected chi connectivity index (χ4v) is 4.94. The summed E-state index contributed by atoms with van der Waals surface area (Å²) in [6, 6.07) is 26.6. The van der Waals surface area contributed by atoms with Crippen molar-refractivity contribution in [2.75, 3.05) is 12.8 Å². The molecule has 0 radical (unpaired) electrons. The third kappa shape index (κ3) is 5.98. The van der Waals surface area contributed by atoms with Crippen molar-refractivity contribution in [1.29, 1.82) is 0 Å². The van der Waals surface area contributed by atoms with Gasteiger partial charge in [-0.05, 0) is 72.1 Å². The van der Waals surface area contributed by atoms with Crippen LogP contribution in [0.15, 0.2) is 91.1 Å². The summed E-state index contributed by atoms with van der Waals surface area (Å²) in [5.74, 6) is 1.60. The zero-order valence-corrected chi connectivity index (χ0v) is 23.5. The largest absolute Gasteiger partial charge is 0.465 e. The molecule has 0 fully saturated rings. The van der Waals surface area contributed by atoms with Gasteiger partial charge in [0.1, 0.15) is 17.3 Å². The van der Waals surface area contributed by atoms with Crippen LogP contribution in [0.25, 0.3) is 22.4 Å². The summed E-state index contributed by atoms with van der Waals surface area (Å²) in [5.41, 5.74) is 11.5. The summed E-state index contributed by atoms with van der Waals surface area (Å²) < 4.78 is 12.8. The number of carbonyl (C=O) groups is 1. The monoisotopic (exact) mass is 571 g/mol. The number of nitrogen functional groups attached to an aromatic ring is 1. The molecule has 0 bridgehead atoms. The number of anilines is 1. The lowest BCUT2D eigenvalue weighted by atomic mass is 10.0. The van der Waals surface area contributed by atoms with Gasteiger partial charge in [0.25, 0.3) is 0 Å². The minimum Gasteiger partial charge on any atom is -0.465 e. The van der Waals surface area contributed by atoms with Gasteiger partial charge in [-0.1, -0.05) is 59.6 Å². The summed E-state index contributed by atoms with van der Waals surface area (Å²) in [4.78, 5) is 16.8. The van der Waals surface area contributed by atoms with E-state index in [-0.39, 0.29) is 5.56 Å². The highest BCUT2D eigenvalue weighted by Crippen LogP contribution is 2.31. The topological polar surface area (TPSA) is 79.4 Å². The van der Waals surface area contributed by atoms with E-state index in [9.17, 15) is 4.79 Å². The van der Waals surface area contributed by atoms with Gasteiger partial charge in [-0.15, -0.1) is 0 Å². The predicted molar refractivity (Wildman–Crippen MR) is 160 cm³/mol. The maximum Gasteiger partial charge on any atom is 0.340 e. The van der Waals surface area contributed by atoms with Gasteiger partial charge in [0.15, 0.2) is 0 Å². The molecule has 2 N–H and O–H groups in total. The fourth-order valence-electron chi connectivity index (χ4n) is 4.43. The number of aromatic nitrogens is 2. The minimum absolute atomic E-state index is 0.267. The number of carbonyl (C=O) groups excluding carboxylic acids is 1. The van der Waals surface area contributed by atoms with Crippen LogP contribution >= 0.6 is 23.2 Å². The number of rotatable bonds is 8. The van der Waals surface area contributed by atoms with Crippen LogP contribution in [-0.2, 0) is 17.7 Å². The minimum atomic E-state index is -0.508. The van der Waals surface area contributed by atoms with Crippen LogP contribution in [0.2, 0.25) is 10.0 Å². The van der Waals surface area contributed by atoms with Gasteiger partial charge in [-0.25, -0.2) is 9.78 Å². The summed E-state index contributed by atoms with van der Waals surface area (Å²) in [5, 5.41) is 1.18. The first-order chi connectivity index (χ1) is 19.3. The van der Waals surface area contributed by atoms with Crippen molar-refractivity contribution in [3.8, 4) is 33.9 Å². The second-order valence-electron chi connectivity index (χ2n) is 9.19. The summed E-state index contributed by atoms with van der Waals surface area (Å²) in [6.45, 7) is 2.90. The van der Waals surface area contributed by atoms with Crippen molar-refractivity contribution in [1.82, 2.24) is 9.55 Å². The van der Waals surface area contributed by atoms with Crippen molar-refractivity contribution in [3.63, 3.8) is 0 Å². The van der Waals surface area contributed by atoms with Gasteiger partial charge in [0, 0.05) is 35.4 Å². The molecule has 5 rings (SSSR count). The molecule has 0 amide bonds. The molecule has 1 aromatic heterocycles. The Hall–Kier alpha value is -4.26. The molecular weight excluding hydrogens is 545 g/mol. The number of halogens is 2. The van der Waals surface area contributed by atoms with E-state index >= 15 is 0 Å². The van der Waals surface area contributed by atoms with E-state index < -0.39 is 5.97 Å². The lowest BCUT2D eigenvalue weighted by Crippen LogP contribution is -2.05. The number of esters is 1. The summed E-state index contributed by atoms with van der Waals surface area (Å²) in [6.07, 6.45) is 2.73. The second kappa shape index (κ2) is 11.9. The lowest BCUT2D eigenvalue weighted by molar-refractivity contribution is 0.0601. The van der Waals surface area contributed by atoms with Crippen LogP contribution in [0.3, 0.4) is 0 Å². The van der Waals surface area contributed by atoms with E-state index in [1.165, 1.54) is 7.11 Å². The van der Waals surface area contributed by atoms with Crippen LogP contribution in [0.5, 0.6) is 11.5 Å². The molecule has 40 heavy (non-hydrogen) atoms. The highest BCUT2D eigenvalue weighted by Gasteiger charge is 2.14. The van der Waals surface area contributed by atoms with Gasteiger partial charge in [0.05, 0.1) is 23.4 Å². The fraction of sp³-hybridized carbons (Fsp3) is 0.125. The molecule has 202 valence electrons. The molecule has 0 spiro atoms. The first-order valence-electron chi connectivity index (χ1n) is 12.7. The van der Waals surface area contributed by atoms with Gasteiger partial charge in [-0.2, -0.15) is 0 Å². The molecule has 0 saturated heterocycles. The van der Waals surface area contributed by atoms with E-state index in [1.54, 1.807) is 24.3 Å². The molecule has 8 heteroatoms. The van der Waals surface area contributed by atoms with Crippen LogP contribution in [-0.4, -0.2) is 22.6 Å². The van der Waals surface area contributed by atoms with Crippen LogP contribution in [0.4, 0.5) is 5.69 Å². The molecule has 6 nitrogen and oxygen atoms in total. The molecule has 0 aliphatic heterocycles. The quantitative estimate of drug-likeness (QED) is 0.150. The third-order valence-corrected chi connectivity index (χ3v) is 7.12. The SMILES string of the molecule is CCn1cc(-c2ccc(Cl)cc2Cl)nc1Cc1ccc(-c2ccc(Oc3ccc(N)c(C(=O)OC)c3)cc2)cc1. The van der Waals surface area contributed by atoms with Crippen molar-refractivity contribution in [3.05, 3.63) is 118 Å². The van der Waals surface area contributed by atoms with Crippen molar-refractivity contribution >= 4 is 34.9 Å². The average Bonchev–Trinajstić information content (AvgIpc) is 3.36. The summed E-state index contributed by atoms with van der Waals surface area (Å²) in [7, 11) is 1.32. The number of hydrogen-bond donors (Lipinski definition) is 1. The normalized spacial score (nSPS) is 10.9. The predicted octanol–water partition coefficient (Wildman–Crippen LogP) is 8.30. The number of hydrogen-bond acceptors (Lipinski definition) is 5. The number of nitrogens with two attached hydrogens (primary N) is 1. The van der Waals surface area contributed by atoms with Gasteiger partial charge >= 0.3 is 5.97 Å². The van der Waals surface area contributed by atoms with E-state index in [0.717, 1.165) is 40.3 Å². The van der Waals surface area contributed by atoms with Crippen LogP contribution < -0.4 is 10.5 Å². The number of benzene rings is 4. The van der Waals surface area contributed by atoms with Gasteiger partial charge in [-0.3, -0.25) is 0 Å². The number of imidazole rings is 1. The van der Waals surface area contributed by atoms with Crippen molar-refractivity contribution in [2.45, 2.75) is 19.9 Å². The molecule has 5 aromatic rings. The second-order valence-corrected chi connectivity index (χ2v) is 10.0. The van der Waals surface area contributed by atoms with E-state index in [4.69, 9.17) is 43.4 Å². The molecule has 0 aliphatic carbocycles. The molecule has 0 atom stereocenters. The molecule has 0 saturated carbocycles. The molecule has 0 unspecified atom stereocenters. The van der Waals surface area contributed by atoms with Crippen molar-refractivity contribution < 1.29 is 14.3 Å². The maximum absolute atomic E-state index is 11.9. The van der Waals surface area contributed by atoms with Gasteiger partial charge in [0.2, 0.25) is 0 Å². The summed E-state index contributed by atoms with van der Waals surface area (Å²) >= 11 is 12.5. The van der Waals surface area contributed by atoms with E-state index in [1.807, 2.05) is 42.6 Å². The molecule has 4 aromatic carbocycles. The Labute approximate surface area is 242 Å². The highest BCUT2D eigenvalue weighted by molar-refractivity contribution is 6.36. The number of ether oxygens (including phenoxy) is 2. The molecule has 0 aliphatic rings. The Bertz CT molecular complexity index is 1660. The zero-order chi connectivity index (χ0) is 28.2. The van der Waals surface area contributed by atoms with E-state index in [0.29, 0.717) is 33.7 Å². The van der Waals surface area contributed by atoms with Crippen LogP contribution in [0, 0.1) is 0 Å². The molecular formula is C32H27Cl2N3O3. The Morgan fingerprint density at radius 2 is 1.57 bits per heavy atom. The Balaban J connectivity index is 1.29. The lowest BCUT2D eigenvalue weighted by Gasteiger charge is -2.10. The zero-order valence-electron chi connectivity index (χ0n) is 22.0. The average molecular weight is 572 g/mol. The van der Waals surface area contributed by atoms with Crippen LogP contribution in [0.1, 0.15) is 28.7 Å². The van der Waals surface area contributed by atoms with E-state index in [2.05, 4.69) is 35.8 Å². The third-order valence-electron chi connectivity index (χ3n) is 6.58. The standard InChI is InChI=1S/C32H27Cl2N3O3/c1-3-37-19-30(26-14-10-23(33)17-28(26)34)36-31(37)16-20-4-6-21(7-5-20)22-8-11-24(12-9-22)40-25-13-15-29(35)27(18-25)32(38)39-2/h4-15,17-19H,3,16,35H2,1-2H3. The Kier molecular flexibility index (Phi) is 8.10. The van der Waals surface area contributed by atoms with Gasteiger partial charge < -0.3 is 19.8 Å². The van der Waals surface area contributed by atoms with Crippen molar-refractivity contribution in [2.24, 2.45) is 0 Å².